The number of rotatable bonds is 2. The normalized spacial score (nSPS) is 9.57. The minimum Gasteiger partial charge on any atom is -0.352 e. The van der Waals surface area contributed by atoms with Gasteiger partial charge in [-0.2, -0.15) is 0 Å². The van der Waals surface area contributed by atoms with Gasteiger partial charge in [-0.1, -0.05) is 9.79 Å². The zero-order valence-electron chi connectivity index (χ0n) is 7.58. The van der Waals surface area contributed by atoms with Gasteiger partial charge in [-0.15, -0.1) is 0 Å². The summed E-state index contributed by atoms with van der Waals surface area (Å²) in [4.78, 5) is 33.2. The Kier molecular flexibility index (Phi) is 2.65. The highest BCUT2D eigenvalue weighted by Gasteiger charge is 2.31. The van der Waals surface area contributed by atoms with E-state index in [0.717, 1.165) is 0 Å². The quantitative estimate of drug-likeness (QED) is 0.526. The Balaban J connectivity index is 3.26. The zero-order chi connectivity index (χ0) is 10.7. The van der Waals surface area contributed by atoms with Crippen LogP contribution in [0.1, 0.15) is 21.0 Å². The van der Waals surface area contributed by atoms with Crippen LogP contribution in [0.4, 0.5) is 0 Å². The van der Waals surface area contributed by atoms with Crippen LogP contribution in [0.5, 0.6) is 0 Å². The molecule has 1 aromatic heterocycles. The van der Waals surface area contributed by atoms with Crippen molar-refractivity contribution in [2.45, 2.75) is 0 Å². The Labute approximate surface area is 77.8 Å². The van der Waals surface area contributed by atoms with Crippen molar-refractivity contribution < 1.29 is 18.8 Å². The summed E-state index contributed by atoms with van der Waals surface area (Å²) in [6.07, 6.45) is 0. The van der Waals surface area contributed by atoms with Crippen LogP contribution in [0.25, 0.3) is 0 Å². The molecule has 8 nitrogen and oxygen atoms in total. The Morgan fingerprint density at radius 3 is 2.36 bits per heavy atom. The van der Waals surface area contributed by atoms with Crippen LogP contribution in [0.2, 0.25) is 0 Å². The van der Waals surface area contributed by atoms with E-state index in [0.29, 0.717) is 0 Å². The van der Waals surface area contributed by atoms with E-state index >= 15 is 0 Å². The molecule has 0 saturated carbocycles. The minimum absolute atomic E-state index is 0.0661. The summed E-state index contributed by atoms with van der Waals surface area (Å²) in [5, 5.41) is 6.50. The third-order valence-corrected chi connectivity index (χ3v) is 1.55. The van der Waals surface area contributed by atoms with Gasteiger partial charge in [0.15, 0.2) is 4.60 Å². The first kappa shape index (κ1) is 9.96. The lowest BCUT2D eigenvalue weighted by molar-refractivity contribution is -0.714. The van der Waals surface area contributed by atoms with E-state index < -0.39 is 17.5 Å². The van der Waals surface area contributed by atoms with Gasteiger partial charge in [0.1, 0.15) is 0 Å². The number of nitrogens with zero attached hydrogens (tertiary/aromatic N) is 1. The molecule has 3 N–H and O–H groups in total. The molecule has 0 unspecified atom stereocenters. The highest BCUT2D eigenvalue weighted by atomic mass is 16.7. The molecule has 14 heavy (non-hydrogen) atoms. The molecule has 0 radical (unpaired) electrons. The van der Waals surface area contributed by atoms with Crippen LogP contribution in [-0.2, 0) is 0 Å². The molecular formula is C6H9N4O4+. The molecule has 0 aromatic carbocycles. The number of carbonyl (C=O) groups excluding carboxylic acids is 2. The van der Waals surface area contributed by atoms with Gasteiger partial charge in [-0.05, 0) is 4.91 Å². The molecule has 0 aliphatic carbocycles. The van der Waals surface area contributed by atoms with E-state index in [-0.39, 0.29) is 10.3 Å². The van der Waals surface area contributed by atoms with Crippen LogP contribution >= 0.6 is 0 Å². The van der Waals surface area contributed by atoms with Gasteiger partial charge in [-0.25, -0.2) is 0 Å². The van der Waals surface area contributed by atoms with E-state index in [4.69, 9.17) is 0 Å². The van der Waals surface area contributed by atoms with E-state index in [2.05, 4.69) is 15.3 Å². The molecule has 0 saturated heterocycles. The third-order valence-electron chi connectivity index (χ3n) is 1.55. The molecule has 2 amide bonds. The van der Waals surface area contributed by atoms with Crippen molar-refractivity contribution in [2.24, 2.45) is 0 Å². The predicted octanol–water partition coefficient (Wildman–Crippen LogP) is -1.76. The number of amides is 2. The smallest absolute Gasteiger partial charge is 0.342 e. The van der Waals surface area contributed by atoms with Crippen molar-refractivity contribution in [2.75, 3.05) is 14.1 Å². The van der Waals surface area contributed by atoms with E-state index in [1.165, 1.54) is 14.1 Å². The summed E-state index contributed by atoms with van der Waals surface area (Å²) in [5.41, 5.74) is -0.631. The standard InChI is InChI=1S/C6H8N4O4/c1-7-5(11)3-4(6(12)8-2)10(13)14-9-3/h1-2H3,(H2-,7,8,9,11,12,13)/p+1. The monoisotopic (exact) mass is 201 g/mol. The van der Waals surface area contributed by atoms with Crippen LogP contribution in [-0.4, -0.2) is 31.1 Å². The van der Waals surface area contributed by atoms with Gasteiger partial charge in [0.05, 0.1) is 0 Å². The Morgan fingerprint density at radius 1 is 1.29 bits per heavy atom. The van der Waals surface area contributed by atoms with Gasteiger partial charge in [0.25, 0.3) is 11.6 Å². The van der Waals surface area contributed by atoms with Crippen LogP contribution < -0.4 is 15.2 Å². The van der Waals surface area contributed by atoms with Crippen molar-refractivity contribution in [1.29, 1.82) is 0 Å². The van der Waals surface area contributed by atoms with E-state index in [9.17, 15) is 14.5 Å². The fraction of sp³-hybridized carbons (Fsp3) is 0.333. The number of carbonyl (C=O) groups is 2. The zero-order valence-corrected chi connectivity index (χ0v) is 7.58. The number of H-pyrrole nitrogens is 1. The van der Waals surface area contributed by atoms with Gasteiger partial charge in [0.2, 0.25) is 0 Å². The maximum atomic E-state index is 11.1. The van der Waals surface area contributed by atoms with E-state index in [1.807, 2.05) is 5.16 Å². The van der Waals surface area contributed by atoms with Crippen LogP contribution in [0, 0.1) is 4.91 Å². The maximum absolute atomic E-state index is 11.1. The van der Waals surface area contributed by atoms with Gasteiger partial charge < -0.3 is 10.6 Å². The lowest BCUT2D eigenvalue weighted by atomic mass is 10.3. The summed E-state index contributed by atoms with van der Waals surface area (Å²) >= 11 is 0. The molecule has 0 bridgehead atoms. The molecule has 0 spiro atoms. The molecule has 0 aliphatic rings. The summed E-state index contributed by atoms with van der Waals surface area (Å²) in [6.45, 7) is 0. The first-order chi connectivity index (χ1) is 6.61. The summed E-state index contributed by atoms with van der Waals surface area (Å²) in [7, 11) is 2.70. The molecular weight excluding hydrogens is 192 g/mol. The predicted molar refractivity (Wildman–Crippen MR) is 43.2 cm³/mol. The number of nitrogens with one attached hydrogen (secondary N) is 3. The summed E-state index contributed by atoms with van der Waals surface area (Å²) in [6, 6.07) is 0. The molecule has 1 heterocycles. The molecule has 0 aliphatic heterocycles. The van der Waals surface area contributed by atoms with Crippen molar-refractivity contribution >= 4 is 11.8 Å². The van der Waals surface area contributed by atoms with E-state index in [1.54, 1.807) is 0 Å². The number of hydrogen-bond acceptors (Lipinski definition) is 4. The van der Waals surface area contributed by atoms with Crippen molar-refractivity contribution in [3.63, 3.8) is 0 Å². The highest BCUT2D eigenvalue weighted by molar-refractivity contribution is 6.03. The second kappa shape index (κ2) is 3.73. The lowest BCUT2D eigenvalue weighted by Crippen LogP contribution is -2.32. The fourth-order valence-corrected chi connectivity index (χ4v) is 0.866. The van der Waals surface area contributed by atoms with Crippen molar-refractivity contribution in [1.82, 2.24) is 15.8 Å². The maximum Gasteiger partial charge on any atom is 0.342 e. The Hall–Kier alpha value is -2.12. The number of aromatic nitrogens is 2. The second-order valence-corrected chi connectivity index (χ2v) is 2.33. The average molecular weight is 201 g/mol. The minimum atomic E-state index is -0.705. The largest absolute Gasteiger partial charge is 0.352 e. The van der Waals surface area contributed by atoms with Crippen molar-refractivity contribution in [3.05, 3.63) is 16.3 Å². The first-order valence-electron chi connectivity index (χ1n) is 3.70. The molecule has 1 aromatic rings. The first-order valence-corrected chi connectivity index (χ1v) is 3.70. The molecule has 76 valence electrons. The lowest BCUT2D eigenvalue weighted by Gasteiger charge is -1.91. The Bertz CT molecular complexity index is 418. The van der Waals surface area contributed by atoms with Crippen LogP contribution in [0.3, 0.4) is 0 Å². The average Bonchev–Trinajstić information content (AvgIpc) is 2.58. The van der Waals surface area contributed by atoms with Gasteiger partial charge >= 0.3 is 11.6 Å². The Morgan fingerprint density at radius 2 is 1.86 bits per heavy atom. The van der Waals surface area contributed by atoms with Gasteiger partial charge in [-0.3, -0.25) is 9.59 Å². The third kappa shape index (κ3) is 1.49. The summed E-state index contributed by atoms with van der Waals surface area (Å²) in [5.74, 6) is -1.31. The molecule has 0 atom stereocenters. The highest BCUT2D eigenvalue weighted by Crippen LogP contribution is 1.98. The number of aromatic amines is 1. The topological polar surface area (TPSA) is 110 Å². The summed E-state index contributed by atoms with van der Waals surface area (Å²) < 4.78 is 4.19. The molecule has 8 heteroatoms. The van der Waals surface area contributed by atoms with Gasteiger partial charge in [0, 0.05) is 14.1 Å². The molecule has 0 fully saturated rings. The van der Waals surface area contributed by atoms with Crippen molar-refractivity contribution in [3.8, 4) is 0 Å². The van der Waals surface area contributed by atoms with Crippen LogP contribution in [0.15, 0.2) is 4.63 Å². The number of hydrogen-bond donors (Lipinski definition) is 3. The SMILES string of the molecule is CNC(=O)c1[nH]o[n+](=O)c1C(=O)NC. The molecule has 1 rings (SSSR count). The fourth-order valence-electron chi connectivity index (χ4n) is 0.866. The second-order valence-electron chi connectivity index (χ2n) is 2.33.